The predicted octanol–water partition coefficient (Wildman–Crippen LogP) is 4.87. The van der Waals surface area contributed by atoms with Crippen molar-refractivity contribution < 1.29 is 9.53 Å². The Bertz CT molecular complexity index is 848. The minimum absolute atomic E-state index is 0.0181. The van der Waals surface area contributed by atoms with Gasteiger partial charge in [0.15, 0.2) is 0 Å². The first-order valence-electron chi connectivity index (χ1n) is 9.98. The largest absolute Gasteiger partial charge is 0.497 e. The van der Waals surface area contributed by atoms with Crippen molar-refractivity contribution in [2.45, 2.75) is 36.6 Å². The Morgan fingerprint density at radius 1 is 1.21 bits per heavy atom. The number of nitriles is 1. The molecule has 152 valence electrons. The highest BCUT2D eigenvalue weighted by Crippen LogP contribution is 2.31. The fourth-order valence-electron chi connectivity index (χ4n) is 3.74. The van der Waals surface area contributed by atoms with Crippen LogP contribution >= 0.6 is 11.8 Å². The SMILES string of the molecule is COc1ccc(C2CCCCCN2CC(=O)Nc2ccccc2SCC#N)cc1. The van der Waals surface area contributed by atoms with E-state index in [1.165, 1.54) is 30.2 Å². The van der Waals surface area contributed by atoms with Crippen LogP contribution in [0, 0.1) is 11.3 Å². The number of para-hydroxylation sites is 1. The van der Waals surface area contributed by atoms with Gasteiger partial charge in [-0.25, -0.2) is 0 Å². The molecule has 1 amide bonds. The van der Waals surface area contributed by atoms with Crippen LogP contribution in [0.2, 0.25) is 0 Å². The predicted molar refractivity (Wildman–Crippen MR) is 117 cm³/mol. The number of likely N-dealkylation sites (tertiary alicyclic amines) is 1. The third-order valence-corrected chi connectivity index (χ3v) is 6.10. The molecule has 5 nitrogen and oxygen atoms in total. The number of amides is 1. The van der Waals surface area contributed by atoms with Gasteiger partial charge in [-0.1, -0.05) is 37.1 Å². The molecule has 0 aliphatic carbocycles. The van der Waals surface area contributed by atoms with Crippen LogP contribution in [0.15, 0.2) is 53.4 Å². The summed E-state index contributed by atoms with van der Waals surface area (Å²) in [5.41, 5.74) is 2.00. The Hall–Kier alpha value is -2.49. The van der Waals surface area contributed by atoms with E-state index in [1.807, 2.05) is 36.4 Å². The van der Waals surface area contributed by atoms with Gasteiger partial charge in [0, 0.05) is 10.9 Å². The van der Waals surface area contributed by atoms with E-state index in [-0.39, 0.29) is 11.9 Å². The number of methoxy groups -OCH3 is 1. The van der Waals surface area contributed by atoms with Crippen molar-refractivity contribution in [3.63, 3.8) is 0 Å². The minimum atomic E-state index is -0.0181. The average molecular weight is 410 g/mol. The summed E-state index contributed by atoms with van der Waals surface area (Å²) in [6.07, 6.45) is 4.52. The molecule has 2 aromatic rings. The lowest BCUT2D eigenvalue weighted by atomic mass is 10.0. The summed E-state index contributed by atoms with van der Waals surface area (Å²) in [4.78, 5) is 16.1. The summed E-state index contributed by atoms with van der Waals surface area (Å²) in [7, 11) is 1.67. The van der Waals surface area contributed by atoms with Crippen molar-refractivity contribution in [2.24, 2.45) is 0 Å². The Kier molecular flexibility index (Phi) is 7.97. The fourth-order valence-corrected chi connectivity index (χ4v) is 4.41. The Morgan fingerprint density at radius 3 is 2.76 bits per heavy atom. The van der Waals surface area contributed by atoms with Gasteiger partial charge in [-0.05, 0) is 49.2 Å². The van der Waals surface area contributed by atoms with Crippen molar-refractivity contribution in [1.29, 1.82) is 5.26 Å². The van der Waals surface area contributed by atoms with Crippen molar-refractivity contribution in [3.8, 4) is 11.8 Å². The standard InChI is InChI=1S/C23H27N3O2S/c1-28-19-12-10-18(11-13-19)21-8-3-2-6-15-26(21)17-23(27)25-20-7-4-5-9-22(20)29-16-14-24/h4-5,7,9-13,21H,2-3,6,8,15-17H2,1H3,(H,25,27). The number of rotatable bonds is 7. The molecule has 1 aliphatic rings. The number of carbonyl (C=O) groups excluding carboxylic acids is 1. The molecule has 2 aromatic carbocycles. The van der Waals surface area contributed by atoms with Gasteiger partial charge >= 0.3 is 0 Å². The van der Waals surface area contributed by atoms with Crippen molar-refractivity contribution in [2.75, 3.05) is 31.3 Å². The minimum Gasteiger partial charge on any atom is -0.497 e. The highest BCUT2D eigenvalue weighted by Gasteiger charge is 2.24. The number of anilines is 1. The van der Waals surface area contributed by atoms with Crippen LogP contribution in [0.1, 0.15) is 37.3 Å². The molecule has 0 bridgehead atoms. The van der Waals surface area contributed by atoms with Gasteiger partial charge in [0.25, 0.3) is 0 Å². The third kappa shape index (κ3) is 5.99. The van der Waals surface area contributed by atoms with E-state index in [2.05, 4.69) is 28.4 Å². The number of hydrogen-bond acceptors (Lipinski definition) is 5. The smallest absolute Gasteiger partial charge is 0.238 e. The van der Waals surface area contributed by atoms with Crippen molar-refractivity contribution in [1.82, 2.24) is 4.90 Å². The van der Waals surface area contributed by atoms with Crippen LogP contribution < -0.4 is 10.1 Å². The number of hydrogen-bond donors (Lipinski definition) is 1. The van der Waals surface area contributed by atoms with Gasteiger partial charge in [-0.15, -0.1) is 11.8 Å². The van der Waals surface area contributed by atoms with E-state index in [4.69, 9.17) is 10.00 Å². The summed E-state index contributed by atoms with van der Waals surface area (Å²) in [6, 6.07) is 18.2. The molecule has 1 aliphatic heterocycles. The maximum Gasteiger partial charge on any atom is 0.238 e. The number of carbonyl (C=O) groups is 1. The Labute approximate surface area is 177 Å². The van der Waals surface area contributed by atoms with Crippen LogP contribution in [0.3, 0.4) is 0 Å². The van der Waals surface area contributed by atoms with Gasteiger partial charge in [-0.2, -0.15) is 5.26 Å². The van der Waals surface area contributed by atoms with Crippen LogP contribution in [-0.4, -0.2) is 36.8 Å². The summed E-state index contributed by atoms with van der Waals surface area (Å²) in [6.45, 7) is 1.27. The quantitative estimate of drug-likeness (QED) is 0.661. The maximum absolute atomic E-state index is 12.8. The zero-order valence-corrected chi connectivity index (χ0v) is 17.6. The van der Waals surface area contributed by atoms with Gasteiger partial charge < -0.3 is 10.1 Å². The van der Waals surface area contributed by atoms with Crippen LogP contribution in [0.5, 0.6) is 5.75 Å². The normalized spacial score (nSPS) is 17.2. The highest BCUT2D eigenvalue weighted by molar-refractivity contribution is 7.99. The van der Waals surface area contributed by atoms with Crippen molar-refractivity contribution >= 4 is 23.4 Å². The topological polar surface area (TPSA) is 65.4 Å². The van der Waals surface area contributed by atoms with E-state index >= 15 is 0 Å². The van der Waals surface area contributed by atoms with E-state index < -0.39 is 0 Å². The third-order valence-electron chi connectivity index (χ3n) is 5.16. The molecular weight excluding hydrogens is 382 g/mol. The number of benzene rings is 2. The summed E-state index contributed by atoms with van der Waals surface area (Å²) < 4.78 is 5.28. The maximum atomic E-state index is 12.8. The first kappa shape index (κ1) is 21.2. The first-order valence-corrected chi connectivity index (χ1v) is 11.0. The summed E-state index contributed by atoms with van der Waals surface area (Å²) >= 11 is 1.44. The first-order chi connectivity index (χ1) is 14.2. The molecule has 1 saturated heterocycles. The number of thioether (sulfide) groups is 1. The second-order valence-corrected chi connectivity index (χ2v) is 8.12. The second kappa shape index (κ2) is 10.9. The zero-order chi connectivity index (χ0) is 20.5. The molecule has 0 aromatic heterocycles. The molecule has 1 fully saturated rings. The van der Waals surface area contributed by atoms with E-state index in [1.54, 1.807) is 7.11 Å². The Balaban J connectivity index is 1.70. The fraction of sp³-hybridized carbons (Fsp3) is 0.391. The molecule has 0 spiro atoms. The molecule has 29 heavy (non-hydrogen) atoms. The molecule has 1 heterocycles. The molecule has 0 saturated carbocycles. The van der Waals surface area contributed by atoms with Crippen LogP contribution in [0.25, 0.3) is 0 Å². The lowest BCUT2D eigenvalue weighted by Gasteiger charge is -2.30. The molecule has 6 heteroatoms. The molecule has 3 rings (SSSR count). The van der Waals surface area contributed by atoms with Crippen molar-refractivity contribution in [3.05, 3.63) is 54.1 Å². The monoisotopic (exact) mass is 409 g/mol. The van der Waals surface area contributed by atoms with Gasteiger partial charge in [-0.3, -0.25) is 9.69 Å². The number of nitrogens with one attached hydrogen (secondary N) is 1. The molecular formula is C23H27N3O2S. The summed E-state index contributed by atoms with van der Waals surface area (Å²) in [5.74, 6) is 1.19. The zero-order valence-electron chi connectivity index (χ0n) is 16.8. The average Bonchev–Trinajstić information content (AvgIpc) is 2.98. The second-order valence-electron chi connectivity index (χ2n) is 7.10. The highest BCUT2D eigenvalue weighted by atomic mass is 32.2. The van der Waals surface area contributed by atoms with Crippen LogP contribution in [0.4, 0.5) is 5.69 Å². The lowest BCUT2D eigenvalue weighted by Crippen LogP contribution is -2.36. The van der Waals surface area contributed by atoms with Gasteiger partial charge in [0.05, 0.1) is 31.2 Å². The van der Waals surface area contributed by atoms with E-state index in [0.29, 0.717) is 12.3 Å². The van der Waals surface area contributed by atoms with Gasteiger partial charge in [0.1, 0.15) is 5.75 Å². The Morgan fingerprint density at radius 2 is 2.00 bits per heavy atom. The molecule has 1 N–H and O–H groups in total. The molecule has 1 unspecified atom stereocenters. The van der Waals surface area contributed by atoms with E-state index in [9.17, 15) is 4.79 Å². The lowest BCUT2D eigenvalue weighted by molar-refractivity contribution is -0.117. The number of nitrogens with zero attached hydrogens (tertiary/aromatic N) is 2. The molecule has 1 atom stereocenters. The molecule has 0 radical (unpaired) electrons. The van der Waals surface area contributed by atoms with E-state index in [0.717, 1.165) is 35.7 Å². The summed E-state index contributed by atoms with van der Waals surface area (Å²) in [5, 5.41) is 11.9. The van der Waals surface area contributed by atoms with Crippen LogP contribution in [-0.2, 0) is 4.79 Å². The number of ether oxygens (including phenoxy) is 1. The van der Waals surface area contributed by atoms with Gasteiger partial charge in [0.2, 0.25) is 5.91 Å².